The number of aromatic hydroxyl groups is 1. The fraction of sp³-hybridized carbons (Fsp3) is 0.500. The zero-order chi connectivity index (χ0) is 12.2. The number of hydrogen-bond donors (Lipinski definition) is 3. The Kier molecular flexibility index (Phi) is 4.12. The third kappa shape index (κ3) is 3.10. The molecule has 1 aromatic rings. The van der Waals surface area contributed by atoms with Crippen LogP contribution in [0.15, 0.2) is 18.2 Å². The molecule has 0 radical (unpaired) electrons. The van der Waals surface area contributed by atoms with Crippen LogP contribution in [0, 0.1) is 11.2 Å². The summed E-state index contributed by atoms with van der Waals surface area (Å²) >= 11 is 0. The molecule has 0 heterocycles. The zero-order valence-electron chi connectivity index (χ0n) is 9.63. The highest BCUT2D eigenvalue weighted by Gasteiger charge is 2.20. The molecule has 1 atom stereocenters. The van der Waals surface area contributed by atoms with Crippen LogP contribution in [0.1, 0.15) is 20.3 Å². The molecular weight excluding hydrogens is 209 g/mol. The maximum absolute atomic E-state index is 13.0. The summed E-state index contributed by atoms with van der Waals surface area (Å²) in [6.45, 7) is 4.59. The molecule has 0 aliphatic rings. The van der Waals surface area contributed by atoms with Gasteiger partial charge in [-0.15, -0.1) is 0 Å². The smallest absolute Gasteiger partial charge is 0.166 e. The van der Waals surface area contributed by atoms with E-state index in [0.29, 0.717) is 12.2 Å². The molecular formula is C12H18FNO2. The van der Waals surface area contributed by atoms with Crippen molar-refractivity contribution in [3.63, 3.8) is 0 Å². The predicted octanol–water partition coefficient (Wildman–Crippen LogP) is 2.35. The Labute approximate surface area is 94.9 Å². The van der Waals surface area contributed by atoms with Crippen LogP contribution in [0.4, 0.5) is 10.1 Å². The average Bonchev–Trinajstić information content (AvgIpc) is 2.30. The van der Waals surface area contributed by atoms with E-state index in [-0.39, 0.29) is 17.8 Å². The number of rotatable bonds is 5. The van der Waals surface area contributed by atoms with Crippen LogP contribution in [0.5, 0.6) is 5.75 Å². The van der Waals surface area contributed by atoms with E-state index in [1.807, 2.05) is 13.8 Å². The van der Waals surface area contributed by atoms with Gasteiger partial charge < -0.3 is 15.5 Å². The van der Waals surface area contributed by atoms with Crippen molar-refractivity contribution >= 4 is 5.69 Å². The minimum Gasteiger partial charge on any atom is -0.505 e. The molecule has 0 fully saturated rings. The third-order valence-electron chi connectivity index (χ3n) is 2.90. The second-order valence-electron chi connectivity index (χ2n) is 4.34. The largest absolute Gasteiger partial charge is 0.505 e. The number of halogens is 1. The highest BCUT2D eigenvalue weighted by atomic mass is 19.1. The molecule has 0 aliphatic carbocycles. The molecule has 16 heavy (non-hydrogen) atoms. The number of anilines is 1. The molecule has 90 valence electrons. The highest BCUT2D eigenvalue weighted by Crippen LogP contribution is 2.23. The summed E-state index contributed by atoms with van der Waals surface area (Å²) in [5.41, 5.74) is 0.386. The van der Waals surface area contributed by atoms with Gasteiger partial charge in [-0.05, 0) is 18.6 Å². The average molecular weight is 227 g/mol. The Morgan fingerprint density at radius 3 is 2.62 bits per heavy atom. The van der Waals surface area contributed by atoms with Crippen molar-refractivity contribution in [2.24, 2.45) is 5.41 Å². The fourth-order valence-corrected chi connectivity index (χ4v) is 1.23. The van der Waals surface area contributed by atoms with Crippen molar-refractivity contribution in [2.45, 2.75) is 20.3 Å². The Hall–Kier alpha value is -1.29. The van der Waals surface area contributed by atoms with Crippen LogP contribution in [0.25, 0.3) is 0 Å². The number of nitrogens with one attached hydrogen (secondary N) is 1. The molecule has 1 aromatic carbocycles. The standard InChI is InChI=1S/C12H18FNO2/c1-3-12(2,8-15)7-14-9-4-5-11(16)10(13)6-9/h4-6,14-16H,3,7-8H2,1-2H3. The first-order chi connectivity index (χ1) is 7.50. The zero-order valence-corrected chi connectivity index (χ0v) is 9.63. The summed E-state index contributed by atoms with van der Waals surface area (Å²) in [7, 11) is 0. The summed E-state index contributed by atoms with van der Waals surface area (Å²) < 4.78 is 13.0. The van der Waals surface area contributed by atoms with Crippen LogP contribution < -0.4 is 5.32 Å². The topological polar surface area (TPSA) is 52.5 Å². The Bertz CT molecular complexity index is 351. The maximum atomic E-state index is 13.0. The minimum absolute atomic E-state index is 0.0804. The second kappa shape index (κ2) is 5.16. The Morgan fingerprint density at radius 2 is 2.12 bits per heavy atom. The van der Waals surface area contributed by atoms with Crippen molar-refractivity contribution < 1.29 is 14.6 Å². The monoisotopic (exact) mass is 227 g/mol. The second-order valence-corrected chi connectivity index (χ2v) is 4.34. The SMILES string of the molecule is CCC(C)(CO)CNc1ccc(O)c(F)c1. The van der Waals surface area contributed by atoms with Crippen molar-refractivity contribution in [1.29, 1.82) is 0 Å². The molecule has 3 nitrogen and oxygen atoms in total. The maximum Gasteiger partial charge on any atom is 0.166 e. The number of aliphatic hydroxyl groups is 1. The molecule has 4 heteroatoms. The van der Waals surface area contributed by atoms with Crippen molar-refractivity contribution in [1.82, 2.24) is 0 Å². The Balaban J connectivity index is 2.64. The predicted molar refractivity (Wildman–Crippen MR) is 62.0 cm³/mol. The lowest BCUT2D eigenvalue weighted by atomic mass is 9.88. The summed E-state index contributed by atoms with van der Waals surface area (Å²) in [5.74, 6) is -1.00. The van der Waals surface area contributed by atoms with Crippen LogP contribution in [-0.2, 0) is 0 Å². The summed E-state index contributed by atoms with van der Waals surface area (Å²) in [6.07, 6.45) is 0.830. The van der Waals surface area contributed by atoms with Gasteiger partial charge in [0.2, 0.25) is 0 Å². The molecule has 0 spiro atoms. The van der Waals surface area contributed by atoms with Gasteiger partial charge in [0.25, 0.3) is 0 Å². The lowest BCUT2D eigenvalue weighted by molar-refractivity contribution is 0.149. The number of phenolic OH excluding ortho intramolecular Hbond substituents is 1. The van der Waals surface area contributed by atoms with Gasteiger partial charge in [-0.1, -0.05) is 13.8 Å². The van der Waals surface area contributed by atoms with Crippen LogP contribution in [0.3, 0.4) is 0 Å². The summed E-state index contributed by atoms with van der Waals surface area (Å²) in [6, 6.07) is 4.15. The van der Waals surface area contributed by atoms with E-state index in [1.54, 1.807) is 6.07 Å². The van der Waals surface area contributed by atoms with Gasteiger partial charge in [0.1, 0.15) is 0 Å². The molecule has 0 bridgehead atoms. The first kappa shape index (κ1) is 12.8. The van der Waals surface area contributed by atoms with Crippen LogP contribution in [-0.4, -0.2) is 23.4 Å². The van der Waals surface area contributed by atoms with Gasteiger partial charge in [-0.3, -0.25) is 0 Å². The highest BCUT2D eigenvalue weighted by molar-refractivity contribution is 5.47. The van der Waals surface area contributed by atoms with Gasteiger partial charge in [0.05, 0.1) is 6.61 Å². The molecule has 0 aromatic heterocycles. The van der Waals surface area contributed by atoms with Crippen molar-refractivity contribution in [3.8, 4) is 5.75 Å². The van der Waals surface area contributed by atoms with Gasteiger partial charge in [-0.2, -0.15) is 0 Å². The molecule has 0 aliphatic heterocycles. The van der Waals surface area contributed by atoms with E-state index < -0.39 is 5.82 Å². The molecule has 0 saturated heterocycles. The lowest BCUT2D eigenvalue weighted by Gasteiger charge is -2.26. The number of hydrogen-bond acceptors (Lipinski definition) is 3. The summed E-state index contributed by atoms with van der Waals surface area (Å²) in [5, 5.41) is 21.3. The van der Waals surface area contributed by atoms with Crippen molar-refractivity contribution in [3.05, 3.63) is 24.0 Å². The molecule has 1 unspecified atom stereocenters. The number of benzene rings is 1. The van der Waals surface area contributed by atoms with E-state index in [1.165, 1.54) is 12.1 Å². The Morgan fingerprint density at radius 1 is 1.44 bits per heavy atom. The first-order valence-electron chi connectivity index (χ1n) is 5.34. The van der Waals surface area contributed by atoms with Crippen LogP contribution >= 0.6 is 0 Å². The normalized spacial score (nSPS) is 14.5. The van der Waals surface area contributed by atoms with Gasteiger partial charge in [0.15, 0.2) is 11.6 Å². The lowest BCUT2D eigenvalue weighted by Crippen LogP contribution is -2.29. The van der Waals surface area contributed by atoms with E-state index in [4.69, 9.17) is 5.11 Å². The third-order valence-corrected chi connectivity index (χ3v) is 2.90. The van der Waals surface area contributed by atoms with Gasteiger partial charge in [0, 0.05) is 23.7 Å². The number of phenols is 1. The molecule has 3 N–H and O–H groups in total. The molecule has 1 rings (SSSR count). The quantitative estimate of drug-likeness (QED) is 0.677. The van der Waals surface area contributed by atoms with Gasteiger partial charge >= 0.3 is 0 Å². The number of aliphatic hydroxyl groups excluding tert-OH is 1. The summed E-state index contributed by atoms with van der Waals surface area (Å²) in [4.78, 5) is 0. The van der Waals surface area contributed by atoms with Crippen LogP contribution in [0.2, 0.25) is 0 Å². The van der Waals surface area contributed by atoms with Crippen molar-refractivity contribution in [2.75, 3.05) is 18.5 Å². The van der Waals surface area contributed by atoms with Gasteiger partial charge in [-0.25, -0.2) is 4.39 Å². The minimum atomic E-state index is -0.646. The van der Waals surface area contributed by atoms with E-state index in [0.717, 1.165) is 6.42 Å². The molecule has 0 amide bonds. The van der Waals surface area contributed by atoms with E-state index in [2.05, 4.69) is 5.32 Å². The van der Waals surface area contributed by atoms with E-state index in [9.17, 15) is 9.50 Å². The fourth-order valence-electron chi connectivity index (χ4n) is 1.23. The first-order valence-corrected chi connectivity index (χ1v) is 5.34. The molecule has 0 saturated carbocycles. The van der Waals surface area contributed by atoms with E-state index >= 15 is 0 Å².